The van der Waals surface area contributed by atoms with E-state index in [1.165, 1.54) is 24.1 Å². The standard InChI is InChI=1S/C21H22N6O2S/c1-2-29-16-9-14-11-22-10-13(14)8-15(16)25-18-17-19(24-12-23-18)30-20(26-17)21(28)27-6-4-3-5-7-27/h8-10,12H,2-7,11H2,1H3,(H,23,24,25). The number of anilines is 2. The minimum absolute atomic E-state index is 0.0209. The van der Waals surface area contributed by atoms with Gasteiger partial charge in [-0.05, 0) is 49.4 Å². The number of hydrogen-bond acceptors (Lipinski definition) is 8. The Morgan fingerprint density at radius 3 is 2.93 bits per heavy atom. The van der Waals surface area contributed by atoms with Gasteiger partial charge in [-0.3, -0.25) is 9.79 Å². The van der Waals surface area contributed by atoms with Gasteiger partial charge < -0.3 is 15.0 Å². The number of aliphatic imine (C=N–C) groups is 1. The van der Waals surface area contributed by atoms with E-state index in [1.54, 1.807) is 0 Å². The van der Waals surface area contributed by atoms with Gasteiger partial charge in [-0.2, -0.15) is 0 Å². The quantitative estimate of drug-likeness (QED) is 0.673. The molecular formula is C21H22N6O2S. The number of piperidine rings is 1. The van der Waals surface area contributed by atoms with Crippen molar-refractivity contribution < 1.29 is 9.53 Å². The lowest BCUT2D eigenvalue weighted by atomic mass is 10.1. The number of likely N-dealkylation sites (tertiary alicyclic amines) is 1. The number of aromatic nitrogens is 3. The number of benzene rings is 1. The van der Waals surface area contributed by atoms with E-state index in [0.717, 1.165) is 48.5 Å². The van der Waals surface area contributed by atoms with Gasteiger partial charge in [0.2, 0.25) is 0 Å². The van der Waals surface area contributed by atoms with Crippen molar-refractivity contribution in [1.82, 2.24) is 19.9 Å². The summed E-state index contributed by atoms with van der Waals surface area (Å²) < 4.78 is 5.83. The molecule has 8 nitrogen and oxygen atoms in total. The van der Waals surface area contributed by atoms with Gasteiger partial charge in [0.1, 0.15) is 22.4 Å². The maximum atomic E-state index is 12.9. The summed E-state index contributed by atoms with van der Waals surface area (Å²) >= 11 is 1.31. The topological polar surface area (TPSA) is 92.6 Å². The van der Waals surface area contributed by atoms with Gasteiger partial charge in [0, 0.05) is 19.3 Å². The zero-order valence-corrected chi connectivity index (χ0v) is 17.5. The van der Waals surface area contributed by atoms with Crippen molar-refractivity contribution in [1.29, 1.82) is 0 Å². The van der Waals surface area contributed by atoms with E-state index in [-0.39, 0.29) is 5.91 Å². The number of nitrogens with one attached hydrogen (secondary N) is 1. The molecule has 5 rings (SSSR count). The van der Waals surface area contributed by atoms with Gasteiger partial charge >= 0.3 is 0 Å². The number of nitrogens with zero attached hydrogens (tertiary/aromatic N) is 5. The van der Waals surface area contributed by atoms with Gasteiger partial charge in [0.15, 0.2) is 10.8 Å². The van der Waals surface area contributed by atoms with Gasteiger partial charge in [-0.25, -0.2) is 15.0 Å². The molecule has 1 aromatic carbocycles. The van der Waals surface area contributed by atoms with Crippen molar-refractivity contribution in [2.24, 2.45) is 4.99 Å². The average molecular weight is 423 g/mol. The van der Waals surface area contributed by atoms with Crippen LogP contribution in [-0.4, -0.2) is 51.7 Å². The van der Waals surface area contributed by atoms with E-state index in [4.69, 9.17) is 4.74 Å². The van der Waals surface area contributed by atoms with Crippen molar-refractivity contribution in [2.75, 3.05) is 25.0 Å². The summed E-state index contributed by atoms with van der Waals surface area (Å²) in [6.45, 7) is 4.76. The van der Waals surface area contributed by atoms with E-state index < -0.39 is 0 Å². The fraction of sp³-hybridized carbons (Fsp3) is 0.381. The highest BCUT2D eigenvalue weighted by Gasteiger charge is 2.23. The molecule has 1 amide bonds. The first-order valence-corrected chi connectivity index (χ1v) is 11.0. The Hall–Kier alpha value is -3.07. The average Bonchev–Trinajstić information content (AvgIpc) is 3.41. The monoisotopic (exact) mass is 422 g/mol. The number of fused-ring (bicyclic) bond motifs is 2. The van der Waals surface area contributed by atoms with E-state index in [1.807, 2.05) is 30.2 Å². The van der Waals surface area contributed by atoms with E-state index >= 15 is 0 Å². The summed E-state index contributed by atoms with van der Waals surface area (Å²) in [5, 5.41) is 3.80. The van der Waals surface area contributed by atoms with Crippen LogP contribution in [0.2, 0.25) is 0 Å². The lowest BCUT2D eigenvalue weighted by Crippen LogP contribution is -2.35. The number of thiazole rings is 1. The molecular weight excluding hydrogens is 400 g/mol. The zero-order valence-electron chi connectivity index (χ0n) is 16.7. The minimum atomic E-state index is -0.0209. The molecule has 0 unspecified atom stereocenters. The molecule has 9 heteroatoms. The summed E-state index contributed by atoms with van der Waals surface area (Å²) in [6, 6.07) is 4.02. The minimum Gasteiger partial charge on any atom is -0.492 e. The Morgan fingerprint density at radius 1 is 1.23 bits per heavy atom. The van der Waals surface area contributed by atoms with Crippen LogP contribution in [0.1, 0.15) is 47.1 Å². The third kappa shape index (κ3) is 3.49. The van der Waals surface area contributed by atoms with Crippen molar-refractivity contribution in [3.63, 3.8) is 0 Å². The number of ether oxygens (including phenoxy) is 1. The first-order chi connectivity index (χ1) is 14.7. The van der Waals surface area contributed by atoms with Crippen LogP contribution < -0.4 is 10.1 Å². The fourth-order valence-corrected chi connectivity index (χ4v) is 4.68. The van der Waals surface area contributed by atoms with Crippen LogP contribution in [0, 0.1) is 0 Å². The maximum Gasteiger partial charge on any atom is 0.282 e. The molecule has 1 fully saturated rings. The van der Waals surface area contributed by atoms with Crippen LogP contribution in [0.15, 0.2) is 23.5 Å². The second kappa shape index (κ2) is 7.98. The third-order valence-electron chi connectivity index (χ3n) is 5.31. The van der Waals surface area contributed by atoms with E-state index in [2.05, 4.69) is 25.3 Å². The van der Waals surface area contributed by atoms with E-state index in [0.29, 0.717) is 34.3 Å². The fourth-order valence-electron chi connectivity index (χ4n) is 3.81. The Kier molecular flexibility index (Phi) is 5.04. The first-order valence-electron chi connectivity index (χ1n) is 10.2. The summed E-state index contributed by atoms with van der Waals surface area (Å²) in [5.74, 6) is 1.28. The van der Waals surface area contributed by atoms with Crippen LogP contribution in [-0.2, 0) is 6.54 Å². The highest BCUT2D eigenvalue weighted by Crippen LogP contribution is 2.35. The Bertz CT molecular complexity index is 1140. The third-order valence-corrected chi connectivity index (χ3v) is 6.26. The molecule has 2 aliphatic rings. The number of carbonyl (C=O) groups excluding carboxylic acids is 1. The second-order valence-corrected chi connectivity index (χ2v) is 8.30. The molecule has 3 aromatic rings. The Labute approximate surface area is 178 Å². The largest absolute Gasteiger partial charge is 0.492 e. The molecule has 2 aromatic heterocycles. The number of carbonyl (C=O) groups is 1. The molecule has 0 saturated carbocycles. The summed E-state index contributed by atoms with van der Waals surface area (Å²) in [7, 11) is 0. The molecule has 1 saturated heterocycles. The van der Waals surface area contributed by atoms with Crippen molar-refractivity contribution in [3.8, 4) is 5.75 Å². The zero-order chi connectivity index (χ0) is 20.5. The number of hydrogen-bond donors (Lipinski definition) is 1. The van der Waals surface area contributed by atoms with E-state index in [9.17, 15) is 4.79 Å². The molecule has 0 aliphatic carbocycles. The normalized spacial score (nSPS) is 15.4. The van der Waals surface area contributed by atoms with Crippen LogP contribution >= 0.6 is 11.3 Å². The predicted molar refractivity (Wildman–Crippen MR) is 117 cm³/mol. The van der Waals surface area contributed by atoms with Gasteiger partial charge in [-0.15, -0.1) is 0 Å². The lowest BCUT2D eigenvalue weighted by Gasteiger charge is -2.25. The highest BCUT2D eigenvalue weighted by molar-refractivity contribution is 7.19. The van der Waals surface area contributed by atoms with Crippen LogP contribution in [0.3, 0.4) is 0 Å². The molecule has 30 heavy (non-hydrogen) atoms. The van der Waals surface area contributed by atoms with Crippen LogP contribution in [0.25, 0.3) is 10.3 Å². The molecule has 1 N–H and O–H groups in total. The summed E-state index contributed by atoms with van der Waals surface area (Å²) in [5.41, 5.74) is 3.59. The molecule has 4 heterocycles. The smallest absolute Gasteiger partial charge is 0.282 e. The second-order valence-electron chi connectivity index (χ2n) is 7.32. The Morgan fingerprint density at radius 2 is 2.10 bits per heavy atom. The molecule has 0 bridgehead atoms. The van der Waals surface area contributed by atoms with Crippen molar-refractivity contribution in [3.05, 3.63) is 34.6 Å². The molecule has 0 spiro atoms. The van der Waals surface area contributed by atoms with Gasteiger partial charge in [-0.1, -0.05) is 11.3 Å². The summed E-state index contributed by atoms with van der Waals surface area (Å²) in [6.07, 6.45) is 6.63. The molecule has 0 atom stereocenters. The summed E-state index contributed by atoms with van der Waals surface area (Å²) in [4.78, 5) is 33.1. The lowest BCUT2D eigenvalue weighted by molar-refractivity contribution is 0.0724. The van der Waals surface area contributed by atoms with Crippen LogP contribution in [0.4, 0.5) is 11.5 Å². The van der Waals surface area contributed by atoms with Gasteiger partial charge in [0.05, 0.1) is 18.8 Å². The SMILES string of the molecule is CCOc1cc2c(cc1Nc1ncnc3sc(C(=O)N4CCCCC4)nc13)C=NC2. The Balaban J connectivity index is 1.49. The predicted octanol–water partition coefficient (Wildman–Crippen LogP) is 3.79. The highest BCUT2D eigenvalue weighted by atomic mass is 32.1. The first kappa shape index (κ1) is 18.9. The van der Waals surface area contributed by atoms with Crippen molar-refractivity contribution >= 4 is 45.3 Å². The number of amides is 1. The maximum absolute atomic E-state index is 12.9. The van der Waals surface area contributed by atoms with Crippen molar-refractivity contribution in [2.45, 2.75) is 32.7 Å². The molecule has 154 valence electrons. The van der Waals surface area contributed by atoms with Gasteiger partial charge in [0.25, 0.3) is 5.91 Å². The molecule has 2 aliphatic heterocycles. The van der Waals surface area contributed by atoms with Crippen LogP contribution in [0.5, 0.6) is 5.75 Å². The number of rotatable bonds is 5. The molecule has 0 radical (unpaired) electrons.